The Kier molecular flexibility index (Phi) is 8.39. The number of benzene rings is 2. The van der Waals surface area contributed by atoms with E-state index in [9.17, 15) is 9.90 Å². The van der Waals surface area contributed by atoms with Gasteiger partial charge in [-0.25, -0.2) is 9.48 Å². The molecule has 1 saturated heterocycles. The van der Waals surface area contributed by atoms with Gasteiger partial charge >= 0.3 is 6.03 Å². The lowest BCUT2D eigenvalue weighted by Gasteiger charge is -2.56. The maximum Gasteiger partial charge on any atom is 0.315 e. The highest BCUT2D eigenvalue weighted by molar-refractivity contribution is 7.99. The standard InChI is InChI=1S/C33H42N6O4S/c1-20-28(19-44-32-36-37-38-39(32)2)42-30(43-29(20)26-7-5-22(18-40)6-8-26)27-9-3-21(4-10-27)17-34-31(41)35-33-14-23-11-24(15-33)13-25(12-23)16-33/h3-10,20,23-25,28-30,40H,11-19H2,1-2H3,(H2,34,35,41). The molecular weight excluding hydrogens is 576 g/mol. The summed E-state index contributed by atoms with van der Waals surface area (Å²) >= 11 is 1.56. The van der Waals surface area contributed by atoms with Crippen LogP contribution in [0.15, 0.2) is 53.7 Å². The number of tetrazole rings is 1. The third kappa shape index (κ3) is 6.24. The maximum atomic E-state index is 13.0. The predicted molar refractivity (Wildman–Crippen MR) is 165 cm³/mol. The summed E-state index contributed by atoms with van der Waals surface area (Å²) in [5, 5.41) is 28.6. The molecule has 1 aliphatic heterocycles. The van der Waals surface area contributed by atoms with Gasteiger partial charge in [-0.15, -0.1) is 5.10 Å². The largest absolute Gasteiger partial charge is 0.392 e. The molecule has 4 unspecified atom stereocenters. The van der Waals surface area contributed by atoms with Crippen molar-refractivity contribution in [1.29, 1.82) is 0 Å². The highest BCUT2D eigenvalue weighted by Crippen LogP contribution is 2.55. The first-order valence-corrected chi connectivity index (χ1v) is 16.9. The van der Waals surface area contributed by atoms with Gasteiger partial charge in [-0.05, 0) is 83.4 Å². The van der Waals surface area contributed by atoms with Gasteiger partial charge in [0, 0.05) is 36.4 Å². The number of hydrogen-bond acceptors (Lipinski definition) is 8. The molecule has 10 nitrogen and oxygen atoms in total. The van der Waals surface area contributed by atoms with Gasteiger partial charge in [-0.2, -0.15) is 0 Å². The Morgan fingerprint density at radius 1 is 0.977 bits per heavy atom. The number of nitrogens with zero attached hydrogens (tertiary/aromatic N) is 4. The van der Waals surface area contributed by atoms with Crippen molar-refractivity contribution in [2.45, 2.75) is 87.8 Å². The summed E-state index contributed by atoms with van der Waals surface area (Å²) in [6.45, 7) is 2.61. The first-order chi connectivity index (χ1) is 21.4. The van der Waals surface area contributed by atoms with Crippen LogP contribution < -0.4 is 10.6 Å². The van der Waals surface area contributed by atoms with Gasteiger partial charge in [-0.1, -0.05) is 67.2 Å². The molecule has 8 rings (SSSR count). The summed E-state index contributed by atoms with van der Waals surface area (Å²) in [6, 6.07) is 16.0. The van der Waals surface area contributed by atoms with E-state index in [1.165, 1.54) is 19.3 Å². The topological polar surface area (TPSA) is 123 Å². The fourth-order valence-electron chi connectivity index (χ4n) is 8.33. The molecule has 4 saturated carbocycles. The van der Waals surface area contributed by atoms with Gasteiger partial charge in [0.25, 0.3) is 0 Å². The molecule has 44 heavy (non-hydrogen) atoms. The second kappa shape index (κ2) is 12.4. The summed E-state index contributed by atoms with van der Waals surface area (Å²) in [5.74, 6) is 3.12. The second-order valence-corrected chi connectivity index (χ2v) is 14.5. The fraction of sp³-hybridized carbons (Fsp3) is 0.576. The van der Waals surface area contributed by atoms with Crippen LogP contribution in [0.2, 0.25) is 0 Å². The monoisotopic (exact) mass is 618 g/mol. The highest BCUT2D eigenvalue weighted by atomic mass is 32.2. The minimum absolute atomic E-state index is 0.00257. The fourth-order valence-corrected chi connectivity index (χ4v) is 9.35. The lowest BCUT2D eigenvalue weighted by Crippen LogP contribution is -2.61. The van der Waals surface area contributed by atoms with E-state index in [0.717, 1.165) is 64.4 Å². The van der Waals surface area contributed by atoms with Gasteiger partial charge in [0.1, 0.15) is 0 Å². The molecule has 5 fully saturated rings. The van der Waals surface area contributed by atoms with E-state index in [2.05, 4.69) is 33.1 Å². The molecule has 2 aromatic carbocycles. The quantitative estimate of drug-likeness (QED) is 0.285. The first-order valence-electron chi connectivity index (χ1n) is 15.9. The molecule has 0 radical (unpaired) electrons. The molecule has 3 N–H and O–H groups in total. The Hall–Kier alpha value is -2.99. The van der Waals surface area contributed by atoms with E-state index in [4.69, 9.17) is 9.47 Å². The maximum absolute atomic E-state index is 13.0. The van der Waals surface area contributed by atoms with Crippen LogP contribution in [0.25, 0.3) is 0 Å². The number of aromatic nitrogens is 4. The lowest BCUT2D eigenvalue weighted by atomic mass is 9.53. The minimum Gasteiger partial charge on any atom is -0.392 e. The van der Waals surface area contributed by atoms with Crippen molar-refractivity contribution in [2.24, 2.45) is 30.7 Å². The first kappa shape index (κ1) is 29.7. The molecule has 3 aromatic rings. The zero-order valence-electron chi connectivity index (χ0n) is 25.4. The molecule has 0 spiro atoms. The average molecular weight is 619 g/mol. The predicted octanol–water partition coefficient (Wildman–Crippen LogP) is 5.05. The molecular formula is C33H42N6O4S. The number of nitrogens with one attached hydrogen (secondary N) is 2. The Balaban J connectivity index is 1.00. The van der Waals surface area contributed by atoms with E-state index < -0.39 is 6.29 Å². The number of aryl methyl sites for hydroxylation is 1. The Labute approximate surface area is 262 Å². The number of rotatable bonds is 9. The van der Waals surface area contributed by atoms with E-state index in [1.807, 2.05) is 55.6 Å². The van der Waals surface area contributed by atoms with Crippen molar-refractivity contribution in [3.05, 3.63) is 70.8 Å². The van der Waals surface area contributed by atoms with Crippen molar-refractivity contribution in [3.63, 3.8) is 0 Å². The number of hydrogen-bond donors (Lipinski definition) is 3. The number of thioether (sulfide) groups is 1. The zero-order valence-corrected chi connectivity index (χ0v) is 26.2. The molecule has 5 aliphatic rings. The van der Waals surface area contributed by atoms with E-state index in [0.29, 0.717) is 12.3 Å². The minimum atomic E-state index is -0.557. The number of urea groups is 1. The summed E-state index contributed by atoms with van der Waals surface area (Å²) in [5.41, 5.74) is 3.86. The SMILES string of the molecule is CC1C(CSc2nnnn2C)OC(c2ccc(CNC(=O)NC34CC5CC(CC(C5)C3)C4)cc2)OC1c1ccc(CO)cc1. The van der Waals surface area contributed by atoms with Crippen LogP contribution in [0.1, 0.15) is 80.1 Å². The van der Waals surface area contributed by atoms with Crippen LogP contribution in [-0.4, -0.2) is 48.7 Å². The Morgan fingerprint density at radius 2 is 1.61 bits per heavy atom. The van der Waals surface area contributed by atoms with Crippen LogP contribution >= 0.6 is 11.8 Å². The van der Waals surface area contributed by atoms with Crippen molar-refractivity contribution in [3.8, 4) is 0 Å². The number of carbonyl (C=O) groups excluding carboxylic acids is 1. The molecule has 1 aromatic heterocycles. The average Bonchev–Trinajstić information content (AvgIpc) is 3.43. The summed E-state index contributed by atoms with van der Waals surface area (Å²) < 4.78 is 14.8. The third-order valence-corrected chi connectivity index (χ3v) is 11.3. The van der Waals surface area contributed by atoms with Crippen molar-refractivity contribution in [2.75, 3.05) is 5.75 Å². The summed E-state index contributed by atoms with van der Waals surface area (Å²) in [6.07, 6.45) is 6.63. The Bertz CT molecular complexity index is 1410. The molecule has 4 aliphatic carbocycles. The van der Waals surface area contributed by atoms with Crippen LogP contribution in [0.3, 0.4) is 0 Å². The number of aliphatic hydroxyl groups is 1. The normalized spacial score (nSPS) is 32.5. The van der Waals surface area contributed by atoms with Crippen molar-refractivity contribution in [1.82, 2.24) is 30.8 Å². The lowest BCUT2D eigenvalue weighted by molar-refractivity contribution is -0.268. The van der Waals surface area contributed by atoms with Crippen LogP contribution in [0.5, 0.6) is 0 Å². The molecule has 4 bridgehead atoms. The van der Waals surface area contributed by atoms with Crippen molar-refractivity contribution >= 4 is 17.8 Å². The zero-order chi connectivity index (χ0) is 30.3. The van der Waals surface area contributed by atoms with Crippen LogP contribution in [0.4, 0.5) is 4.79 Å². The molecule has 234 valence electrons. The van der Waals surface area contributed by atoms with Gasteiger partial charge < -0.3 is 25.2 Å². The van der Waals surface area contributed by atoms with Gasteiger partial charge in [0.05, 0.1) is 18.8 Å². The van der Waals surface area contributed by atoms with Gasteiger partial charge in [-0.3, -0.25) is 0 Å². The van der Waals surface area contributed by atoms with Crippen LogP contribution in [-0.2, 0) is 29.7 Å². The molecule has 2 amide bonds. The molecule has 2 heterocycles. The third-order valence-electron chi connectivity index (χ3n) is 10.2. The summed E-state index contributed by atoms with van der Waals surface area (Å²) in [7, 11) is 1.83. The van der Waals surface area contributed by atoms with E-state index in [-0.39, 0.29) is 36.3 Å². The Morgan fingerprint density at radius 3 is 2.23 bits per heavy atom. The van der Waals surface area contributed by atoms with Gasteiger partial charge in [0.15, 0.2) is 6.29 Å². The summed E-state index contributed by atoms with van der Waals surface area (Å²) in [4.78, 5) is 13.0. The number of ether oxygens (including phenoxy) is 2. The number of amides is 2. The van der Waals surface area contributed by atoms with Crippen molar-refractivity contribution < 1.29 is 19.4 Å². The number of carbonyl (C=O) groups is 1. The van der Waals surface area contributed by atoms with E-state index >= 15 is 0 Å². The molecule has 4 atom stereocenters. The van der Waals surface area contributed by atoms with Gasteiger partial charge in [0.2, 0.25) is 5.16 Å². The van der Waals surface area contributed by atoms with Crippen LogP contribution in [0, 0.1) is 23.7 Å². The number of aliphatic hydroxyl groups excluding tert-OH is 1. The molecule has 11 heteroatoms. The smallest absolute Gasteiger partial charge is 0.315 e. The van der Waals surface area contributed by atoms with E-state index in [1.54, 1.807) is 16.4 Å². The second-order valence-electron chi connectivity index (χ2n) is 13.5. The highest BCUT2D eigenvalue weighted by Gasteiger charge is 2.51.